The summed E-state index contributed by atoms with van der Waals surface area (Å²) in [4.78, 5) is 0. The topological polar surface area (TPSA) is 13.1 Å². The van der Waals surface area contributed by atoms with Gasteiger partial charge in [-0.2, -0.15) is 0 Å². The second-order valence-electron chi connectivity index (χ2n) is 3.69. The summed E-state index contributed by atoms with van der Waals surface area (Å²) in [7, 11) is 0. The minimum absolute atomic E-state index is 0.491. The lowest BCUT2D eigenvalue weighted by Crippen LogP contribution is -1.85. The van der Waals surface area contributed by atoms with Gasteiger partial charge in [-0.1, -0.05) is 13.8 Å². The third-order valence-electron chi connectivity index (χ3n) is 2.41. The Morgan fingerprint density at radius 1 is 1.33 bits per heavy atom. The van der Waals surface area contributed by atoms with Gasteiger partial charge in [0.2, 0.25) is 0 Å². The molecule has 0 saturated heterocycles. The molecule has 0 atom stereocenters. The van der Waals surface area contributed by atoms with Crippen molar-refractivity contribution in [2.45, 2.75) is 39.0 Å². The van der Waals surface area contributed by atoms with Crippen LogP contribution in [0.3, 0.4) is 0 Å². The normalized spacial score (nSPS) is 15.7. The van der Waals surface area contributed by atoms with Crippen LogP contribution in [-0.2, 0) is 12.8 Å². The maximum atomic E-state index is 5.77. The molecule has 1 aliphatic carbocycles. The predicted molar refractivity (Wildman–Crippen MR) is 52.5 cm³/mol. The molecule has 1 aromatic rings. The Morgan fingerprint density at radius 2 is 2.08 bits per heavy atom. The first kappa shape index (κ1) is 8.36. The van der Waals surface area contributed by atoms with Gasteiger partial charge in [0, 0.05) is 17.9 Å². The molecule has 1 aliphatic rings. The zero-order valence-electron chi connectivity index (χ0n) is 7.48. The number of furan rings is 1. The molecular formula is C10H13BrO. The molecule has 1 nitrogen and oxygen atoms in total. The number of hydrogen-bond acceptors (Lipinski definition) is 1. The van der Waals surface area contributed by atoms with Crippen LogP contribution in [0.4, 0.5) is 0 Å². The summed E-state index contributed by atoms with van der Waals surface area (Å²) in [5.41, 5.74) is 1.42. The average molecular weight is 229 g/mol. The van der Waals surface area contributed by atoms with Crippen LogP contribution < -0.4 is 0 Å². The van der Waals surface area contributed by atoms with E-state index in [1.54, 1.807) is 0 Å². The zero-order chi connectivity index (χ0) is 8.72. The van der Waals surface area contributed by atoms with Gasteiger partial charge in [-0.15, -0.1) is 0 Å². The summed E-state index contributed by atoms with van der Waals surface area (Å²) in [6, 6.07) is 0. The molecule has 0 amide bonds. The van der Waals surface area contributed by atoms with Crippen molar-refractivity contribution in [3.05, 3.63) is 21.6 Å². The molecule has 0 unspecified atom stereocenters. The van der Waals surface area contributed by atoms with Crippen molar-refractivity contribution in [3.8, 4) is 0 Å². The van der Waals surface area contributed by atoms with E-state index >= 15 is 0 Å². The van der Waals surface area contributed by atoms with Crippen molar-refractivity contribution in [1.29, 1.82) is 0 Å². The molecule has 0 aliphatic heterocycles. The van der Waals surface area contributed by atoms with E-state index in [2.05, 4.69) is 29.8 Å². The number of fused-ring (bicyclic) bond motifs is 1. The molecule has 2 rings (SSSR count). The van der Waals surface area contributed by atoms with E-state index in [0.29, 0.717) is 5.92 Å². The first-order chi connectivity index (χ1) is 5.70. The van der Waals surface area contributed by atoms with Crippen molar-refractivity contribution in [2.24, 2.45) is 0 Å². The lowest BCUT2D eigenvalue weighted by Gasteiger charge is -2.00. The Balaban J connectivity index is 2.47. The van der Waals surface area contributed by atoms with Gasteiger partial charge in [0.05, 0.1) is 4.47 Å². The molecular weight excluding hydrogens is 216 g/mol. The van der Waals surface area contributed by atoms with Gasteiger partial charge in [0.25, 0.3) is 0 Å². The van der Waals surface area contributed by atoms with E-state index < -0.39 is 0 Å². The maximum Gasteiger partial charge on any atom is 0.121 e. The smallest absolute Gasteiger partial charge is 0.121 e. The fourth-order valence-electron chi connectivity index (χ4n) is 1.76. The van der Waals surface area contributed by atoms with Crippen LogP contribution in [0.5, 0.6) is 0 Å². The minimum Gasteiger partial charge on any atom is -0.464 e. The molecule has 12 heavy (non-hydrogen) atoms. The highest BCUT2D eigenvalue weighted by Crippen LogP contribution is 2.37. The molecule has 0 N–H and O–H groups in total. The van der Waals surface area contributed by atoms with Crippen molar-refractivity contribution in [2.75, 3.05) is 0 Å². The van der Waals surface area contributed by atoms with E-state index in [0.717, 1.165) is 12.2 Å². The highest BCUT2D eigenvalue weighted by atomic mass is 79.9. The molecule has 0 fully saturated rings. The van der Waals surface area contributed by atoms with Crippen molar-refractivity contribution in [3.63, 3.8) is 0 Å². The molecule has 0 aromatic carbocycles. The van der Waals surface area contributed by atoms with Gasteiger partial charge >= 0.3 is 0 Å². The number of rotatable bonds is 1. The summed E-state index contributed by atoms with van der Waals surface area (Å²) in [6.07, 6.45) is 3.57. The van der Waals surface area contributed by atoms with Gasteiger partial charge in [-0.25, -0.2) is 0 Å². The quantitative estimate of drug-likeness (QED) is 0.716. The highest BCUT2D eigenvalue weighted by Gasteiger charge is 2.23. The van der Waals surface area contributed by atoms with Gasteiger partial charge in [-0.3, -0.25) is 0 Å². The average Bonchev–Trinajstić information content (AvgIpc) is 2.53. The van der Waals surface area contributed by atoms with Crippen LogP contribution in [0, 0.1) is 0 Å². The molecule has 66 valence electrons. The van der Waals surface area contributed by atoms with E-state index in [1.807, 2.05) is 0 Å². The predicted octanol–water partition coefficient (Wildman–Crippen LogP) is 3.65. The third-order valence-corrected chi connectivity index (χ3v) is 3.28. The Hall–Kier alpha value is -0.240. The fraction of sp³-hybridized carbons (Fsp3) is 0.600. The van der Waals surface area contributed by atoms with Crippen LogP contribution in [-0.4, -0.2) is 0 Å². The lowest BCUT2D eigenvalue weighted by molar-refractivity contribution is 0.449. The van der Waals surface area contributed by atoms with Gasteiger partial charge in [0.1, 0.15) is 11.5 Å². The second kappa shape index (κ2) is 2.91. The highest BCUT2D eigenvalue weighted by molar-refractivity contribution is 9.10. The minimum atomic E-state index is 0.491. The molecule has 0 spiro atoms. The molecule has 0 radical (unpaired) electrons. The number of halogens is 1. The molecule has 0 saturated carbocycles. The third kappa shape index (κ3) is 1.13. The largest absolute Gasteiger partial charge is 0.464 e. The van der Waals surface area contributed by atoms with E-state index in [1.165, 1.54) is 28.6 Å². The summed E-state index contributed by atoms with van der Waals surface area (Å²) >= 11 is 3.61. The van der Waals surface area contributed by atoms with Crippen molar-refractivity contribution >= 4 is 15.9 Å². The second-order valence-corrected chi connectivity index (χ2v) is 4.48. The summed E-state index contributed by atoms with van der Waals surface area (Å²) in [5, 5.41) is 0. The molecule has 0 bridgehead atoms. The van der Waals surface area contributed by atoms with Crippen LogP contribution in [0.15, 0.2) is 8.89 Å². The maximum absolute atomic E-state index is 5.77. The van der Waals surface area contributed by atoms with Crippen LogP contribution >= 0.6 is 15.9 Å². The molecule has 1 heterocycles. The first-order valence-corrected chi connectivity index (χ1v) is 5.29. The van der Waals surface area contributed by atoms with E-state index in [9.17, 15) is 0 Å². The standard InChI is InChI=1S/C10H13BrO/c1-6(2)10-9(11)7-4-3-5-8(7)12-10/h6H,3-5H2,1-2H3. The Bertz CT molecular complexity index is 299. The monoisotopic (exact) mass is 228 g/mol. The van der Waals surface area contributed by atoms with Crippen LogP contribution in [0.2, 0.25) is 0 Å². The number of hydrogen-bond donors (Lipinski definition) is 0. The summed E-state index contributed by atoms with van der Waals surface area (Å²) in [5.74, 6) is 2.83. The van der Waals surface area contributed by atoms with E-state index in [-0.39, 0.29) is 0 Å². The van der Waals surface area contributed by atoms with Crippen molar-refractivity contribution < 1.29 is 4.42 Å². The Kier molecular flexibility index (Phi) is 2.03. The van der Waals surface area contributed by atoms with Gasteiger partial charge < -0.3 is 4.42 Å². The lowest BCUT2D eigenvalue weighted by atomic mass is 10.1. The Labute approximate surface area is 81.3 Å². The molecule has 2 heteroatoms. The summed E-state index contributed by atoms with van der Waals surface area (Å²) < 4.78 is 7.00. The summed E-state index contributed by atoms with van der Waals surface area (Å²) in [6.45, 7) is 4.33. The van der Waals surface area contributed by atoms with Crippen molar-refractivity contribution in [1.82, 2.24) is 0 Å². The van der Waals surface area contributed by atoms with Crippen LogP contribution in [0.1, 0.15) is 43.3 Å². The molecule has 1 aromatic heterocycles. The zero-order valence-corrected chi connectivity index (χ0v) is 9.07. The van der Waals surface area contributed by atoms with Gasteiger partial charge in [0.15, 0.2) is 0 Å². The first-order valence-electron chi connectivity index (χ1n) is 4.50. The van der Waals surface area contributed by atoms with E-state index in [4.69, 9.17) is 4.42 Å². The van der Waals surface area contributed by atoms with Gasteiger partial charge in [-0.05, 0) is 28.8 Å². The Morgan fingerprint density at radius 3 is 2.67 bits per heavy atom. The fourth-order valence-corrected chi connectivity index (χ4v) is 2.72. The SMILES string of the molecule is CC(C)c1oc2c(c1Br)CCC2. The number of aryl methyl sites for hydroxylation is 1. The van der Waals surface area contributed by atoms with Crippen LogP contribution in [0.25, 0.3) is 0 Å².